The highest BCUT2D eigenvalue weighted by Crippen LogP contribution is 2.26. The first-order chi connectivity index (χ1) is 8.59. The molecule has 0 bridgehead atoms. The van der Waals surface area contributed by atoms with Crippen LogP contribution >= 0.6 is 0 Å². The fourth-order valence-electron chi connectivity index (χ4n) is 2.10. The quantitative estimate of drug-likeness (QED) is 0.852. The molecule has 0 aliphatic carbocycles. The topological polar surface area (TPSA) is 54.0 Å². The lowest BCUT2D eigenvalue weighted by Crippen LogP contribution is -2.43. The fraction of sp³-hybridized carbons (Fsp3) is 0.538. The van der Waals surface area contributed by atoms with E-state index in [0.29, 0.717) is 6.54 Å². The summed E-state index contributed by atoms with van der Waals surface area (Å²) in [5.41, 5.74) is 0.398. The molecule has 1 fully saturated rings. The molecule has 1 aliphatic rings. The van der Waals surface area contributed by atoms with Gasteiger partial charge in [0.2, 0.25) is 0 Å². The largest absolute Gasteiger partial charge is 0.350 e. The highest BCUT2D eigenvalue weighted by Gasteiger charge is 2.27. The second-order valence-electron chi connectivity index (χ2n) is 5.10. The molecule has 1 amide bonds. The van der Waals surface area contributed by atoms with Crippen LogP contribution < -0.4 is 10.6 Å². The zero-order valence-corrected chi connectivity index (χ0v) is 10.5. The van der Waals surface area contributed by atoms with Gasteiger partial charge < -0.3 is 10.6 Å². The number of nitrogens with one attached hydrogen (secondary N) is 2. The highest BCUT2D eigenvalue weighted by molar-refractivity contribution is 5.92. The number of pyridine rings is 1. The smallest absolute Gasteiger partial charge is 0.269 e. The summed E-state index contributed by atoms with van der Waals surface area (Å²) in [5.74, 6) is -0.674. The number of halogens is 1. The van der Waals surface area contributed by atoms with Crippen molar-refractivity contribution in [2.24, 2.45) is 5.41 Å². The summed E-state index contributed by atoms with van der Waals surface area (Å²) < 4.78 is 12.7. The monoisotopic (exact) mass is 251 g/mol. The van der Waals surface area contributed by atoms with Gasteiger partial charge in [-0.15, -0.1) is 0 Å². The number of carbonyl (C=O) groups is 1. The van der Waals surface area contributed by atoms with E-state index in [4.69, 9.17) is 0 Å². The van der Waals surface area contributed by atoms with Crippen LogP contribution in [0.15, 0.2) is 18.3 Å². The van der Waals surface area contributed by atoms with E-state index in [1.165, 1.54) is 12.1 Å². The number of nitrogens with zero attached hydrogens (tertiary/aromatic N) is 1. The molecule has 1 aliphatic heterocycles. The Labute approximate surface area is 106 Å². The molecule has 0 saturated carbocycles. The van der Waals surface area contributed by atoms with Gasteiger partial charge in [0.1, 0.15) is 11.5 Å². The van der Waals surface area contributed by atoms with Crippen molar-refractivity contribution in [1.29, 1.82) is 0 Å². The van der Waals surface area contributed by atoms with Gasteiger partial charge in [0, 0.05) is 6.54 Å². The average Bonchev–Trinajstić information content (AvgIpc) is 2.38. The highest BCUT2D eigenvalue weighted by atomic mass is 19.1. The molecule has 0 unspecified atom stereocenters. The summed E-state index contributed by atoms with van der Waals surface area (Å²) in [4.78, 5) is 15.6. The molecular weight excluding hydrogens is 233 g/mol. The Hall–Kier alpha value is -1.49. The first-order valence-electron chi connectivity index (χ1n) is 6.20. The van der Waals surface area contributed by atoms with E-state index in [0.717, 1.165) is 32.1 Å². The van der Waals surface area contributed by atoms with E-state index in [-0.39, 0.29) is 17.0 Å². The van der Waals surface area contributed by atoms with Gasteiger partial charge in [-0.05, 0) is 43.5 Å². The number of hydrogen-bond acceptors (Lipinski definition) is 3. The molecule has 1 aromatic heterocycles. The molecule has 1 saturated heterocycles. The maximum atomic E-state index is 12.7. The lowest BCUT2D eigenvalue weighted by molar-refractivity contribution is 0.0917. The van der Waals surface area contributed by atoms with Crippen LogP contribution in [0.1, 0.15) is 30.3 Å². The average molecular weight is 251 g/mol. The van der Waals surface area contributed by atoms with Gasteiger partial charge in [0.15, 0.2) is 0 Å². The number of hydrogen-bond donors (Lipinski definition) is 2. The van der Waals surface area contributed by atoms with Crippen molar-refractivity contribution in [3.8, 4) is 0 Å². The second-order valence-corrected chi connectivity index (χ2v) is 5.10. The molecule has 2 heterocycles. The molecular formula is C13H18FN3O. The van der Waals surface area contributed by atoms with Gasteiger partial charge >= 0.3 is 0 Å². The molecule has 0 radical (unpaired) electrons. The molecule has 98 valence electrons. The standard InChI is InChI=1S/C13H18FN3O/c1-13(4-6-15-7-5-13)9-17-12(18)11-3-2-10(14)8-16-11/h2-3,8,15H,4-7,9H2,1H3,(H,17,18). The molecule has 2 N–H and O–H groups in total. The van der Waals surface area contributed by atoms with Crippen molar-refractivity contribution in [2.45, 2.75) is 19.8 Å². The van der Waals surface area contributed by atoms with Crippen LogP contribution in [-0.4, -0.2) is 30.5 Å². The van der Waals surface area contributed by atoms with E-state index in [2.05, 4.69) is 22.5 Å². The number of aromatic nitrogens is 1. The maximum Gasteiger partial charge on any atom is 0.269 e. The number of amides is 1. The SMILES string of the molecule is CC1(CNC(=O)c2ccc(F)cn2)CCNCC1. The van der Waals surface area contributed by atoms with Crippen molar-refractivity contribution >= 4 is 5.91 Å². The zero-order chi connectivity index (χ0) is 13.0. The van der Waals surface area contributed by atoms with Crippen molar-refractivity contribution in [3.63, 3.8) is 0 Å². The van der Waals surface area contributed by atoms with Gasteiger partial charge in [0.25, 0.3) is 5.91 Å². The van der Waals surface area contributed by atoms with Gasteiger partial charge in [-0.3, -0.25) is 4.79 Å². The van der Waals surface area contributed by atoms with Crippen molar-refractivity contribution in [1.82, 2.24) is 15.6 Å². The third kappa shape index (κ3) is 3.26. The lowest BCUT2D eigenvalue weighted by atomic mass is 9.81. The zero-order valence-electron chi connectivity index (χ0n) is 10.5. The number of rotatable bonds is 3. The third-order valence-electron chi connectivity index (χ3n) is 3.45. The summed E-state index contributed by atoms with van der Waals surface area (Å²) in [6.45, 7) is 4.78. The first kappa shape index (κ1) is 13.0. The maximum absolute atomic E-state index is 12.7. The van der Waals surface area contributed by atoms with Crippen LogP contribution in [0.2, 0.25) is 0 Å². The summed E-state index contributed by atoms with van der Waals surface area (Å²) in [7, 11) is 0. The summed E-state index contributed by atoms with van der Waals surface area (Å²) >= 11 is 0. The van der Waals surface area contributed by atoms with Crippen molar-refractivity contribution in [3.05, 3.63) is 29.8 Å². The van der Waals surface area contributed by atoms with E-state index in [9.17, 15) is 9.18 Å². The summed E-state index contributed by atoms with van der Waals surface area (Å²) in [5, 5.41) is 6.18. The molecule has 5 heteroatoms. The second kappa shape index (κ2) is 5.44. The van der Waals surface area contributed by atoms with E-state index < -0.39 is 5.82 Å². The van der Waals surface area contributed by atoms with Gasteiger partial charge in [0.05, 0.1) is 6.20 Å². The van der Waals surface area contributed by atoms with Crippen molar-refractivity contribution < 1.29 is 9.18 Å². The molecule has 18 heavy (non-hydrogen) atoms. The predicted octanol–water partition coefficient (Wildman–Crippen LogP) is 1.34. The summed E-state index contributed by atoms with van der Waals surface area (Å²) in [6, 6.07) is 2.64. The molecule has 0 spiro atoms. The van der Waals surface area contributed by atoms with Gasteiger partial charge in [-0.2, -0.15) is 0 Å². The summed E-state index contributed by atoms with van der Waals surface area (Å²) in [6.07, 6.45) is 3.15. The van der Waals surface area contributed by atoms with Crippen LogP contribution in [-0.2, 0) is 0 Å². The third-order valence-corrected chi connectivity index (χ3v) is 3.45. The minimum Gasteiger partial charge on any atom is -0.350 e. The van der Waals surface area contributed by atoms with Crippen LogP contribution in [0.4, 0.5) is 4.39 Å². The molecule has 4 nitrogen and oxygen atoms in total. The van der Waals surface area contributed by atoms with Gasteiger partial charge in [-0.1, -0.05) is 6.92 Å². The Morgan fingerprint density at radius 2 is 2.22 bits per heavy atom. The van der Waals surface area contributed by atoms with Crippen LogP contribution in [0.5, 0.6) is 0 Å². The minimum absolute atomic E-state index is 0.140. The Balaban J connectivity index is 1.89. The Morgan fingerprint density at radius 3 is 2.83 bits per heavy atom. The Kier molecular flexibility index (Phi) is 3.91. The fourth-order valence-corrected chi connectivity index (χ4v) is 2.10. The van der Waals surface area contributed by atoms with Crippen LogP contribution in [0, 0.1) is 11.2 Å². The Morgan fingerprint density at radius 1 is 1.50 bits per heavy atom. The van der Waals surface area contributed by atoms with Crippen LogP contribution in [0.3, 0.4) is 0 Å². The normalized spacial score (nSPS) is 18.3. The minimum atomic E-state index is -0.433. The lowest BCUT2D eigenvalue weighted by Gasteiger charge is -2.34. The van der Waals surface area contributed by atoms with E-state index in [1.807, 2.05) is 0 Å². The van der Waals surface area contributed by atoms with Gasteiger partial charge in [-0.25, -0.2) is 9.37 Å². The number of piperidine rings is 1. The Bertz CT molecular complexity index is 413. The van der Waals surface area contributed by atoms with E-state index in [1.54, 1.807) is 0 Å². The van der Waals surface area contributed by atoms with E-state index >= 15 is 0 Å². The number of carbonyl (C=O) groups excluding carboxylic acids is 1. The molecule has 0 atom stereocenters. The molecule has 0 aromatic carbocycles. The molecule has 2 rings (SSSR count). The predicted molar refractivity (Wildman–Crippen MR) is 66.7 cm³/mol. The van der Waals surface area contributed by atoms with Crippen LogP contribution in [0.25, 0.3) is 0 Å². The van der Waals surface area contributed by atoms with Crippen molar-refractivity contribution in [2.75, 3.05) is 19.6 Å². The molecule has 1 aromatic rings. The first-order valence-corrected chi connectivity index (χ1v) is 6.20.